The first-order chi connectivity index (χ1) is 13.2. The molecule has 0 unspecified atom stereocenters. The van der Waals surface area contributed by atoms with Crippen LogP contribution in [-0.2, 0) is 6.54 Å². The van der Waals surface area contributed by atoms with Crippen LogP contribution in [0.4, 0.5) is 5.13 Å². The van der Waals surface area contributed by atoms with E-state index in [1.807, 2.05) is 29.8 Å². The molecule has 1 aliphatic heterocycles. The van der Waals surface area contributed by atoms with Gasteiger partial charge >= 0.3 is 0 Å². The minimum atomic E-state index is 0.517. The van der Waals surface area contributed by atoms with Gasteiger partial charge in [-0.2, -0.15) is 0 Å². The largest absolute Gasteiger partial charge is 0.493 e. The summed E-state index contributed by atoms with van der Waals surface area (Å²) < 4.78 is 11.1. The fourth-order valence-electron chi connectivity index (χ4n) is 2.91. The minimum Gasteiger partial charge on any atom is -0.493 e. The summed E-state index contributed by atoms with van der Waals surface area (Å²) >= 11 is 1.67. The van der Waals surface area contributed by atoms with Gasteiger partial charge in [0.25, 0.3) is 0 Å². The molecule has 3 rings (SSSR count). The van der Waals surface area contributed by atoms with Crippen LogP contribution in [0.5, 0.6) is 11.5 Å². The molecule has 1 aliphatic rings. The molecule has 0 spiro atoms. The van der Waals surface area contributed by atoms with Crippen molar-refractivity contribution in [3.63, 3.8) is 0 Å². The number of nitrogens with two attached hydrogens (primary N) is 1. The molecule has 2 heterocycles. The summed E-state index contributed by atoms with van der Waals surface area (Å²) in [6.45, 7) is 6.78. The lowest BCUT2D eigenvalue weighted by atomic mass is 10.2. The zero-order valence-corrected chi connectivity index (χ0v) is 16.7. The Balaban J connectivity index is 1.56. The van der Waals surface area contributed by atoms with E-state index in [0.29, 0.717) is 19.1 Å². The van der Waals surface area contributed by atoms with Crippen molar-refractivity contribution < 1.29 is 9.47 Å². The van der Waals surface area contributed by atoms with Gasteiger partial charge in [0, 0.05) is 37.8 Å². The molecule has 0 aliphatic carbocycles. The van der Waals surface area contributed by atoms with Crippen LogP contribution >= 0.6 is 11.3 Å². The number of anilines is 1. The molecule has 0 saturated carbocycles. The summed E-state index contributed by atoms with van der Waals surface area (Å²) in [5.41, 5.74) is 7.26. The number of ether oxygens (including phenoxy) is 2. The number of aromatic nitrogens is 1. The van der Waals surface area contributed by atoms with Crippen LogP contribution in [0.25, 0.3) is 0 Å². The van der Waals surface area contributed by atoms with Gasteiger partial charge in [0.15, 0.2) is 22.6 Å². The molecule has 146 valence electrons. The lowest BCUT2D eigenvalue weighted by Gasteiger charge is -2.35. The zero-order valence-electron chi connectivity index (χ0n) is 15.9. The monoisotopic (exact) mass is 389 g/mol. The van der Waals surface area contributed by atoms with Gasteiger partial charge in [-0.05, 0) is 24.1 Å². The molecule has 0 bridgehead atoms. The first-order valence-electron chi connectivity index (χ1n) is 9.20. The number of guanidine groups is 1. The fraction of sp³-hybridized carbons (Fsp3) is 0.474. The molecule has 0 radical (unpaired) electrons. The molecule has 27 heavy (non-hydrogen) atoms. The van der Waals surface area contributed by atoms with E-state index in [2.05, 4.69) is 26.7 Å². The van der Waals surface area contributed by atoms with Crippen molar-refractivity contribution in [2.24, 2.45) is 10.7 Å². The average Bonchev–Trinajstić information content (AvgIpc) is 3.25. The Morgan fingerprint density at radius 2 is 2.07 bits per heavy atom. The number of rotatable bonds is 7. The van der Waals surface area contributed by atoms with Gasteiger partial charge in [-0.15, -0.1) is 11.3 Å². The van der Waals surface area contributed by atoms with Crippen molar-refractivity contribution in [1.82, 2.24) is 9.88 Å². The van der Waals surface area contributed by atoms with E-state index in [1.165, 1.54) is 0 Å². The minimum absolute atomic E-state index is 0.517. The van der Waals surface area contributed by atoms with E-state index in [9.17, 15) is 0 Å². The van der Waals surface area contributed by atoms with Crippen LogP contribution in [0, 0.1) is 0 Å². The van der Waals surface area contributed by atoms with Crippen molar-refractivity contribution in [3.05, 3.63) is 35.3 Å². The zero-order chi connectivity index (χ0) is 19.1. The maximum atomic E-state index is 6.22. The lowest BCUT2D eigenvalue weighted by Crippen LogP contribution is -2.51. The third-order valence-corrected chi connectivity index (χ3v) is 5.24. The molecule has 2 aromatic rings. The van der Waals surface area contributed by atoms with Crippen molar-refractivity contribution in [3.8, 4) is 11.5 Å². The summed E-state index contributed by atoms with van der Waals surface area (Å²) in [5.74, 6) is 2.07. The predicted octanol–water partition coefficient (Wildman–Crippen LogP) is 2.58. The molecule has 0 atom stereocenters. The van der Waals surface area contributed by atoms with Crippen molar-refractivity contribution in [2.45, 2.75) is 19.9 Å². The Bertz CT molecular complexity index is 743. The molecule has 2 N–H and O–H groups in total. The highest BCUT2D eigenvalue weighted by molar-refractivity contribution is 7.13. The van der Waals surface area contributed by atoms with Gasteiger partial charge in [0.2, 0.25) is 0 Å². The first-order valence-corrected chi connectivity index (χ1v) is 10.1. The standard InChI is InChI=1S/C19H27N5O2S/c1-3-11-26-16-5-4-15(13-17(16)25-2)14-22-18(20)23-7-9-24(10-8-23)19-21-6-12-27-19/h4-6,12-13H,3,7-11,14H2,1-2H3,(H2,20,22). The van der Waals surface area contributed by atoms with Crippen LogP contribution in [0.15, 0.2) is 34.8 Å². The quantitative estimate of drug-likeness (QED) is 0.579. The number of hydrogen-bond acceptors (Lipinski definition) is 6. The molecule has 8 heteroatoms. The van der Waals surface area contributed by atoms with Crippen LogP contribution < -0.4 is 20.1 Å². The fourth-order valence-corrected chi connectivity index (χ4v) is 3.61. The van der Waals surface area contributed by atoms with Gasteiger partial charge in [0.1, 0.15) is 0 Å². The number of nitrogens with zero attached hydrogens (tertiary/aromatic N) is 4. The molecule has 1 aromatic carbocycles. The predicted molar refractivity (Wildman–Crippen MR) is 110 cm³/mol. The lowest BCUT2D eigenvalue weighted by molar-refractivity contribution is 0.294. The second-order valence-electron chi connectivity index (χ2n) is 6.30. The molecule has 1 aromatic heterocycles. The Labute approximate surface area is 164 Å². The molecule has 1 fully saturated rings. The van der Waals surface area contributed by atoms with Crippen LogP contribution in [0.1, 0.15) is 18.9 Å². The third-order valence-electron chi connectivity index (χ3n) is 4.41. The van der Waals surface area contributed by atoms with Gasteiger partial charge in [-0.1, -0.05) is 13.0 Å². The molecular weight excluding hydrogens is 362 g/mol. The number of benzene rings is 1. The molecule has 1 saturated heterocycles. The molecule has 0 amide bonds. The Morgan fingerprint density at radius 3 is 2.74 bits per heavy atom. The van der Waals surface area contributed by atoms with Crippen LogP contribution in [-0.4, -0.2) is 55.7 Å². The summed E-state index contributed by atoms with van der Waals surface area (Å²) in [6.07, 6.45) is 2.80. The summed E-state index contributed by atoms with van der Waals surface area (Å²) in [5, 5.41) is 3.08. The highest BCUT2D eigenvalue weighted by atomic mass is 32.1. The molecule has 7 nitrogen and oxygen atoms in total. The first kappa shape index (κ1) is 19.3. The number of methoxy groups -OCH3 is 1. The third kappa shape index (κ3) is 5.03. The van der Waals surface area contributed by atoms with E-state index in [4.69, 9.17) is 15.2 Å². The number of thiazole rings is 1. The highest BCUT2D eigenvalue weighted by Crippen LogP contribution is 2.28. The second kappa shape index (κ2) is 9.45. The topological polar surface area (TPSA) is 76.2 Å². The summed E-state index contributed by atoms with van der Waals surface area (Å²) in [4.78, 5) is 13.3. The van der Waals surface area contributed by atoms with Crippen molar-refractivity contribution in [1.29, 1.82) is 0 Å². The maximum Gasteiger partial charge on any atom is 0.191 e. The van der Waals surface area contributed by atoms with Gasteiger partial charge < -0.3 is 25.0 Å². The number of aliphatic imine (C=N–C) groups is 1. The van der Waals surface area contributed by atoms with E-state index in [1.54, 1.807) is 18.4 Å². The second-order valence-corrected chi connectivity index (χ2v) is 7.17. The van der Waals surface area contributed by atoms with Gasteiger partial charge in [-0.25, -0.2) is 9.98 Å². The summed E-state index contributed by atoms with van der Waals surface area (Å²) in [7, 11) is 1.65. The summed E-state index contributed by atoms with van der Waals surface area (Å²) in [6, 6.07) is 5.90. The van der Waals surface area contributed by atoms with Crippen molar-refractivity contribution in [2.75, 3.05) is 44.8 Å². The molecular formula is C19H27N5O2S. The highest BCUT2D eigenvalue weighted by Gasteiger charge is 2.19. The number of piperazine rings is 1. The van der Waals surface area contributed by atoms with Gasteiger partial charge in [-0.3, -0.25) is 0 Å². The van der Waals surface area contributed by atoms with Crippen LogP contribution in [0.2, 0.25) is 0 Å². The number of hydrogen-bond donors (Lipinski definition) is 1. The van der Waals surface area contributed by atoms with Gasteiger partial charge in [0.05, 0.1) is 20.3 Å². The Hall–Kier alpha value is -2.48. The van der Waals surface area contributed by atoms with E-state index >= 15 is 0 Å². The van der Waals surface area contributed by atoms with E-state index in [0.717, 1.165) is 54.8 Å². The van der Waals surface area contributed by atoms with E-state index < -0.39 is 0 Å². The van der Waals surface area contributed by atoms with E-state index in [-0.39, 0.29) is 0 Å². The smallest absolute Gasteiger partial charge is 0.191 e. The Morgan fingerprint density at radius 1 is 1.26 bits per heavy atom. The maximum absolute atomic E-state index is 6.22. The Kier molecular flexibility index (Phi) is 6.75. The van der Waals surface area contributed by atoms with Crippen LogP contribution in [0.3, 0.4) is 0 Å². The SMILES string of the molecule is CCCOc1ccc(CN=C(N)N2CCN(c3nccs3)CC2)cc1OC. The average molecular weight is 390 g/mol. The van der Waals surface area contributed by atoms with Crippen molar-refractivity contribution >= 4 is 22.4 Å². The normalized spacial score (nSPS) is 15.1.